The van der Waals surface area contributed by atoms with Gasteiger partial charge in [0, 0.05) is 24.6 Å². The molecule has 0 saturated heterocycles. The smallest absolute Gasteiger partial charge is 0.269 e. The molecule has 0 bridgehead atoms. The fourth-order valence-electron chi connectivity index (χ4n) is 2.03. The molecule has 0 aliphatic carbocycles. The van der Waals surface area contributed by atoms with Crippen LogP contribution in [-0.4, -0.2) is 10.8 Å². The van der Waals surface area contributed by atoms with Gasteiger partial charge < -0.3 is 16.2 Å². The highest BCUT2D eigenvalue weighted by molar-refractivity contribution is 5.74. The van der Waals surface area contributed by atoms with Crippen LogP contribution in [0.3, 0.4) is 0 Å². The van der Waals surface area contributed by atoms with E-state index in [1.54, 1.807) is 36.4 Å². The third-order valence-corrected chi connectivity index (χ3v) is 3.28. The van der Waals surface area contributed by atoms with Gasteiger partial charge in [0.1, 0.15) is 12.4 Å². The van der Waals surface area contributed by atoms with Crippen molar-refractivity contribution in [1.29, 1.82) is 0 Å². The number of ether oxygens (including phenoxy) is 1. The Morgan fingerprint density at radius 2 is 1.74 bits per heavy atom. The topological polar surface area (TPSA) is 121 Å². The normalized spacial score (nSPS) is 11.7. The summed E-state index contributed by atoms with van der Waals surface area (Å²) in [5, 5.41) is 10.6. The molecule has 0 spiro atoms. The number of hydrogen-bond acceptors (Lipinski definition) is 5. The SMILES string of the molecule is NC(=O)CC(N)c1ccc(OCc2ccc([N+](=O)[O-])cc2)cc1. The molecule has 1 unspecified atom stereocenters. The molecule has 0 radical (unpaired) electrons. The molecule has 120 valence electrons. The summed E-state index contributed by atoms with van der Waals surface area (Å²) in [5.74, 6) is 0.189. The van der Waals surface area contributed by atoms with Crippen LogP contribution in [0.1, 0.15) is 23.6 Å². The average molecular weight is 315 g/mol. The highest BCUT2D eigenvalue weighted by atomic mass is 16.6. The van der Waals surface area contributed by atoms with Gasteiger partial charge in [-0.3, -0.25) is 14.9 Å². The number of benzene rings is 2. The summed E-state index contributed by atoms with van der Waals surface area (Å²) in [6.45, 7) is 0.296. The number of carbonyl (C=O) groups excluding carboxylic acids is 1. The molecule has 7 heteroatoms. The third kappa shape index (κ3) is 4.79. The van der Waals surface area contributed by atoms with Crippen molar-refractivity contribution in [3.8, 4) is 5.75 Å². The largest absolute Gasteiger partial charge is 0.489 e. The first-order valence-electron chi connectivity index (χ1n) is 6.95. The van der Waals surface area contributed by atoms with Crippen LogP contribution < -0.4 is 16.2 Å². The van der Waals surface area contributed by atoms with E-state index in [9.17, 15) is 14.9 Å². The van der Waals surface area contributed by atoms with Crippen LogP contribution in [0, 0.1) is 10.1 Å². The minimum Gasteiger partial charge on any atom is -0.489 e. The van der Waals surface area contributed by atoms with E-state index in [-0.39, 0.29) is 12.1 Å². The Kier molecular flexibility index (Phi) is 5.27. The zero-order valence-electron chi connectivity index (χ0n) is 12.3. The maximum atomic E-state index is 10.9. The predicted octanol–water partition coefficient (Wildman–Crippen LogP) is 2.05. The highest BCUT2D eigenvalue weighted by Gasteiger charge is 2.09. The molecule has 2 rings (SSSR count). The van der Waals surface area contributed by atoms with E-state index in [1.165, 1.54) is 12.1 Å². The molecule has 1 atom stereocenters. The monoisotopic (exact) mass is 315 g/mol. The highest BCUT2D eigenvalue weighted by Crippen LogP contribution is 2.20. The van der Waals surface area contributed by atoms with Gasteiger partial charge in [0.15, 0.2) is 0 Å². The van der Waals surface area contributed by atoms with Crippen LogP contribution in [0.5, 0.6) is 5.75 Å². The number of nitro groups is 1. The van der Waals surface area contributed by atoms with Crippen molar-refractivity contribution in [3.05, 3.63) is 69.8 Å². The summed E-state index contributed by atoms with van der Waals surface area (Å²) in [5.41, 5.74) is 12.6. The van der Waals surface area contributed by atoms with Gasteiger partial charge in [-0.2, -0.15) is 0 Å². The number of hydrogen-bond donors (Lipinski definition) is 2. The number of nitrogens with two attached hydrogens (primary N) is 2. The summed E-state index contributed by atoms with van der Waals surface area (Å²) in [6.07, 6.45) is 0.0863. The predicted molar refractivity (Wildman–Crippen MR) is 84.6 cm³/mol. The van der Waals surface area contributed by atoms with Crippen molar-refractivity contribution in [3.63, 3.8) is 0 Å². The second kappa shape index (κ2) is 7.37. The number of nitrogens with zero attached hydrogens (tertiary/aromatic N) is 1. The van der Waals surface area contributed by atoms with Crippen molar-refractivity contribution >= 4 is 11.6 Å². The second-order valence-electron chi connectivity index (χ2n) is 5.06. The van der Waals surface area contributed by atoms with Crippen LogP contribution in [0.4, 0.5) is 5.69 Å². The van der Waals surface area contributed by atoms with E-state index in [1.807, 2.05) is 0 Å². The molecule has 0 aliphatic rings. The summed E-state index contributed by atoms with van der Waals surface area (Å²) < 4.78 is 5.61. The number of carbonyl (C=O) groups is 1. The lowest BCUT2D eigenvalue weighted by Crippen LogP contribution is -2.20. The van der Waals surface area contributed by atoms with Crippen molar-refractivity contribution in [2.24, 2.45) is 11.5 Å². The molecule has 4 N–H and O–H groups in total. The average Bonchev–Trinajstić information content (AvgIpc) is 2.53. The molecule has 0 heterocycles. The summed E-state index contributed by atoms with van der Waals surface area (Å²) in [4.78, 5) is 21.0. The lowest BCUT2D eigenvalue weighted by atomic mass is 10.0. The fraction of sp³-hybridized carbons (Fsp3) is 0.188. The maximum Gasteiger partial charge on any atom is 0.269 e. The van der Waals surface area contributed by atoms with E-state index in [4.69, 9.17) is 16.2 Å². The lowest BCUT2D eigenvalue weighted by molar-refractivity contribution is -0.384. The van der Waals surface area contributed by atoms with Gasteiger partial charge in [-0.05, 0) is 35.4 Å². The fourth-order valence-corrected chi connectivity index (χ4v) is 2.03. The zero-order chi connectivity index (χ0) is 16.8. The number of rotatable bonds is 7. The van der Waals surface area contributed by atoms with Gasteiger partial charge in [-0.25, -0.2) is 0 Å². The van der Waals surface area contributed by atoms with Crippen LogP contribution >= 0.6 is 0 Å². The molecule has 7 nitrogen and oxygen atoms in total. The van der Waals surface area contributed by atoms with Crippen LogP contribution in [0.2, 0.25) is 0 Å². The summed E-state index contributed by atoms with van der Waals surface area (Å²) >= 11 is 0. The number of non-ortho nitro benzene ring substituents is 1. The molecule has 1 amide bonds. The minimum atomic E-state index is -0.448. The first-order valence-corrected chi connectivity index (χ1v) is 6.95. The molecule has 0 aromatic heterocycles. The van der Waals surface area contributed by atoms with Crippen LogP contribution in [0.25, 0.3) is 0 Å². The standard InChI is InChI=1S/C16H17N3O4/c17-15(9-16(18)20)12-3-7-14(8-4-12)23-10-11-1-5-13(6-2-11)19(21)22/h1-8,15H,9-10,17H2,(H2,18,20). The van der Waals surface area contributed by atoms with Crippen LogP contribution in [0.15, 0.2) is 48.5 Å². The molecule has 0 saturated carbocycles. The van der Waals surface area contributed by atoms with Gasteiger partial charge >= 0.3 is 0 Å². The third-order valence-electron chi connectivity index (χ3n) is 3.28. The van der Waals surface area contributed by atoms with E-state index in [2.05, 4.69) is 0 Å². The number of nitro benzene ring substituents is 1. The van der Waals surface area contributed by atoms with E-state index in [0.29, 0.717) is 12.4 Å². The minimum absolute atomic E-state index is 0.0431. The Morgan fingerprint density at radius 1 is 1.13 bits per heavy atom. The van der Waals surface area contributed by atoms with Crippen molar-refractivity contribution in [2.45, 2.75) is 19.1 Å². The van der Waals surface area contributed by atoms with Crippen molar-refractivity contribution < 1.29 is 14.5 Å². The Labute approximate surface area is 133 Å². The van der Waals surface area contributed by atoms with Gasteiger partial charge in [0.05, 0.1) is 4.92 Å². The lowest BCUT2D eigenvalue weighted by Gasteiger charge is -2.11. The molecule has 23 heavy (non-hydrogen) atoms. The van der Waals surface area contributed by atoms with Crippen molar-refractivity contribution in [2.75, 3.05) is 0 Å². The molecule has 0 fully saturated rings. The maximum absolute atomic E-state index is 10.9. The summed E-state index contributed by atoms with van der Waals surface area (Å²) in [7, 11) is 0. The van der Waals surface area contributed by atoms with Gasteiger partial charge in [-0.15, -0.1) is 0 Å². The molecule has 2 aromatic rings. The Morgan fingerprint density at radius 3 is 2.26 bits per heavy atom. The number of amides is 1. The Bertz CT molecular complexity index is 683. The zero-order valence-corrected chi connectivity index (χ0v) is 12.3. The van der Waals surface area contributed by atoms with E-state index in [0.717, 1.165) is 11.1 Å². The number of primary amides is 1. The Hall–Kier alpha value is -2.93. The first-order chi connectivity index (χ1) is 11.0. The van der Waals surface area contributed by atoms with E-state index < -0.39 is 16.9 Å². The van der Waals surface area contributed by atoms with Gasteiger partial charge in [0.2, 0.25) is 5.91 Å². The Balaban J connectivity index is 1.93. The van der Waals surface area contributed by atoms with Crippen molar-refractivity contribution in [1.82, 2.24) is 0 Å². The summed E-state index contributed by atoms with van der Waals surface area (Å²) in [6, 6.07) is 12.8. The van der Waals surface area contributed by atoms with Crippen LogP contribution in [-0.2, 0) is 11.4 Å². The molecular formula is C16H17N3O4. The van der Waals surface area contributed by atoms with E-state index >= 15 is 0 Å². The second-order valence-corrected chi connectivity index (χ2v) is 5.06. The van der Waals surface area contributed by atoms with Gasteiger partial charge in [-0.1, -0.05) is 12.1 Å². The van der Waals surface area contributed by atoms with Gasteiger partial charge in [0.25, 0.3) is 5.69 Å². The molecule has 0 aliphatic heterocycles. The molecular weight excluding hydrogens is 298 g/mol. The quantitative estimate of drug-likeness (QED) is 0.598. The molecule has 2 aromatic carbocycles. The first kappa shape index (κ1) is 16.4.